The van der Waals surface area contributed by atoms with E-state index in [0.29, 0.717) is 6.04 Å². The smallest absolute Gasteiger partial charge is 0.269 e. The Kier molecular flexibility index (Phi) is 5.53. The summed E-state index contributed by atoms with van der Waals surface area (Å²) in [7, 11) is 0. The summed E-state index contributed by atoms with van der Waals surface area (Å²) in [5.41, 5.74) is 1.36. The second-order valence-electron chi connectivity index (χ2n) is 5.81. The van der Waals surface area contributed by atoms with Gasteiger partial charge in [-0.25, -0.2) is 0 Å². The van der Waals surface area contributed by atoms with E-state index in [1.165, 1.54) is 31.2 Å². The van der Waals surface area contributed by atoms with Crippen LogP contribution in [0.1, 0.15) is 44.6 Å². The van der Waals surface area contributed by atoms with Crippen molar-refractivity contribution < 1.29 is 4.92 Å². The van der Waals surface area contributed by atoms with Gasteiger partial charge in [0.25, 0.3) is 5.69 Å². The molecule has 1 aliphatic rings. The maximum atomic E-state index is 10.7. The van der Waals surface area contributed by atoms with Crippen molar-refractivity contribution in [2.45, 2.75) is 51.5 Å². The highest BCUT2D eigenvalue weighted by Gasteiger charge is 2.22. The molecule has 4 nitrogen and oxygen atoms in total. The highest BCUT2D eigenvalue weighted by molar-refractivity contribution is 5.33. The van der Waals surface area contributed by atoms with Crippen LogP contribution in [0.25, 0.3) is 0 Å². The van der Waals surface area contributed by atoms with E-state index in [-0.39, 0.29) is 10.6 Å². The summed E-state index contributed by atoms with van der Waals surface area (Å²) in [6.45, 7) is 3.23. The summed E-state index contributed by atoms with van der Waals surface area (Å²) >= 11 is 0. The number of nitrogens with one attached hydrogen (secondary N) is 1. The molecule has 1 atom stereocenters. The van der Waals surface area contributed by atoms with E-state index in [1.54, 1.807) is 12.1 Å². The lowest BCUT2D eigenvalue weighted by Gasteiger charge is -2.30. The summed E-state index contributed by atoms with van der Waals surface area (Å²) in [4.78, 5) is 10.3. The monoisotopic (exact) mass is 276 g/mol. The van der Waals surface area contributed by atoms with Gasteiger partial charge in [0, 0.05) is 18.2 Å². The number of rotatable bonds is 8. The van der Waals surface area contributed by atoms with E-state index in [1.807, 2.05) is 12.1 Å². The summed E-state index contributed by atoms with van der Waals surface area (Å²) < 4.78 is 0. The first-order chi connectivity index (χ1) is 9.69. The quantitative estimate of drug-likeness (QED) is 0.582. The second kappa shape index (κ2) is 7.39. The predicted molar refractivity (Wildman–Crippen MR) is 80.8 cm³/mol. The molecule has 0 spiro atoms. The molecule has 0 bridgehead atoms. The van der Waals surface area contributed by atoms with Crippen LogP contribution in [0.15, 0.2) is 24.3 Å². The number of hydrogen-bond donors (Lipinski definition) is 1. The maximum absolute atomic E-state index is 10.7. The molecule has 1 aromatic rings. The molecule has 2 rings (SSSR count). The molecule has 1 N–H and O–H groups in total. The van der Waals surface area contributed by atoms with Crippen LogP contribution in [0.3, 0.4) is 0 Å². The fourth-order valence-electron chi connectivity index (χ4n) is 2.76. The van der Waals surface area contributed by atoms with Crippen LogP contribution in [-0.4, -0.2) is 17.5 Å². The van der Waals surface area contributed by atoms with Gasteiger partial charge in [0.1, 0.15) is 0 Å². The predicted octanol–water partition coefficient (Wildman–Crippen LogP) is 3.70. The zero-order chi connectivity index (χ0) is 14.4. The van der Waals surface area contributed by atoms with Gasteiger partial charge in [0.05, 0.1) is 4.92 Å². The molecule has 1 fully saturated rings. The molecule has 1 aromatic carbocycles. The Morgan fingerprint density at radius 2 is 2.05 bits per heavy atom. The fourth-order valence-corrected chi connectivity index (χ4v) is 2.76. The van der Waals surface area contributed by atoms with Gasteiger partial charge in [-0.15, -0.1) is 0 Å². The highest BCUT2D eigenvalue weighted by Crippen LogP contribution is 2.31. The number of nitro benzene ring substituents is 1. The third-order valence-electron chi connectivity index (χ3n) is 4.15. The minimum atomic E-state index is -0.342. The van der Waals surface area contributed by atoms with Crippen LogP contribution >= 0.6 is 0 Å². The van der Waals surface area contributed by atoms with Gasteiger partial charge < -0.3 is 5.32 Å². The Morgan fingerprint density at radius 1 is 1.35 bits per heavy atom. The van der Waals surface area contributed by atoms with Crippen LogP contribution in [-0.2, 0) is 6.42 Å². The number of nitrogens with zero attached hydrogens (tertiary/aromatic N) is 1. The largest absolute Gasteiger partial charge is 0.314 e. The molecule has 20 heavy (non-hydrogen) atoms. The van der Waals surface area contributed by atoms with Crippen molar-refractivity contribution >= 4 is 5.69 Å². The van der Waals surface area contributed by atoms with Crippen molar-refractivity contribution in [2.75, 3.05) is 6.54 Å². The molecular formula is C16H24N2O2. The first kappa shape index (κ1) is 15.0. The molecule has 0 saturated heterocycles. The van der Waals surface area contributed by atoms with Crippen molar-refractivity contribution in [1.29, 1.82) is 0 Å². The molecule has 0 radical (unpaired) electrons. The highest BCUT2D eigenvalue weighted by atomic mass is 16.6. The van der Waals surface area contributed by atoms with Crippen molar-refractivity contribution in [3.63, 3.8) is 0 Å². The minimum Gasteiger partial charge on any atom is -0.314 e. The first-order valence-corrected chi connectivity index (χ1v) is 7.65. The number of nitro groups is 1. The van der Waals surface area contributed by atoms with Crippen molar-refractivity contribution in [1.82, 2.24) is 5.32 Å². The van der Waals surface area contributed by atoms with Crippen LogP contribution in [0.4, 0.5) is 5.69 Å². The number of benzene rings is 1. The molecule has 1 saturated carbocycles. The van der Waals surface area contributed by atoms with Gasteiger partial charge in [0.15, 0.2) is 0 Å². The topological polar surface area (TPSA) is 55.2 Å². The Balaban J connectivity index is 1.92. The average Bonchev–Trinajstić information content (AvgIpc) is 2.40. The lowest BCUT2D eigenvalue weighted by atomic mass is 9.80. The van der Waals surface area contributed by atoms with E-state index >= 15 is 0 Å². The van der Waals surface area contributed by atoms with Crippen LogP contribution in [0, 0.1) is 16.0 Å². The van der Waals surface area contributed by atoms with Crippen molar-refractivity contribution in [3.8, 4) is 0 Å². The first-order valence-electron chi connectivity index (χ1n) is 7.65. The van der Waals surface area contributed by atoms with Crippen molar-refractivity contribution in [2.24, 2.45) is 5.92 Å². The van der Waals surface area contributed by atoms with Crippen molar-refractivity contribution in [3.05, 3.63) is 39.9 Å². The molecule has 110 valence electrons. The Morgan fingerprint density at radius 3 is 2.55 bits per heavy atom. The standard InChI is InChI=1S/C16H24N2O2/c1-2-10-17-15(11-13-4-3-5-13)12-14-6-8-16(9-7-14)18(19)20/h6-9,13,15,17H,2-5,10-12H2,1H3. The number of non-ortho nitro benzene ring substituents is 1. The molecule has 0 aliphatic heterocycles. The maximum Gasteiger partial charge on any atom is 0.269 e. The third-order valence-corrected chi connectivity index (χ3v) is 4.15. The van der Waals surface area contributed by atoms with E-state index in [9.17, 15) is 10.1 Å². The third kappa shape index (κ3) is 4.30. The summed E-state index contributed by atoms with van der Waals surface area (Å²) in [6.07, 6.45) is 7.45. The molecule has 1 aliphatic carbocycles. The van der Waals surface area contributed by atoms with E-state index in [0.717, 1.165) is 25.3 Å². The summed E-state index contributed by atoms with van der Waals surface area (Å²) in [5, 5.41) is 14.3. The lowest BCUT2D eigenvalue weighted by Crippen LogP contribution is -2.35. The molecular weight excluding hydrogens is 252 g/mol. The molecule has 4 heteroatoms. The van der Waals surface area contributed by atoms with Gasteiger partial charge in [-0.2, -0.15) is 0 Å². The van der Waals surface area contributed by atoms with Crippen LogP contribution in [0.2, 0.25) is 0 Å². The van der Waals surface area contributed by atoms with Crippen LogP contribution < -0.4 is 5.32 Å². The second-order valence-corrected chi connectivity index (χ2v) is 5.81. The average molecular weight is 276 g/mol. The molecule has 1 unspecified atom stereocenters. The minimum absolute atomic E-state index is 0.172. The zero-order valence-corrected chi connectivity index (χ0v) is 12.2. The Bertz CT molecular complexity index is 427. The zero-order valence-electron chi connectivity index (χ0n) is 12.2. The Labute approximate surface area is 120 Å². The van der Waals surface area contributed by atoms with Gasteiger partial charge in [0.2, 0.25) is 0 Å². The fraction of sp³-hybridized carbons (Fsp3) is 0.625. The normalized spacial score (nSPS) is 16.6. The molecule has 0 heterocycles. The molecule has 0 aromatic heterocycles. The van der Waals surface area contributed by atoms with Gasteiger partial charge in [-0.1, -0.05) is 38.3 Å². The van der Waals surface area contributed by atoms with Gasteiger partial charge >= 0.3 is 0 Å². The van der Waals surface area contributed by atoms with Gasteiger partial charge in [-0.3, -0.25) is 10.1 Å². The lowest BCUT2D eigenvalue weighted by molar-refractivity contribution is -0.384. The van der Waals surface area contributed by atoms with Crippen LogP contribution in [0.5, 0.6) is 0 Å². The van der Waals surface area contributed by atoms with E-state index in [2.05, 4.69) is 12.2 Å². The summed E-state index contributed by atoms with van der Waals surface area (Å²) in [6, 6.07) is 7.49. The van der Waals surface area contributed by atoms with Gasteiger partial charge in [-0.05, 0) is 37.3 Å². The summed E-state index contributed by atoms with van der Waals surface area (Å²) in [5.74, 6) is 0.877. The van der Waals surface area contributed by atoms with E-state index in [4.69, 9.17) is 0 Å². The van der Waals surface area contributed by atoms with E-state index < -0.39 is 0 Å². The number of hydrogen-bond acceptors (Lipinski definition) is 3. The SMILES string of the molecule is CCCNC(Cc1ccc([N+](=O)[O-])cc1)CC1CCC1. The molecule has 0 amide bonds. The Hall–Kier alpha value is -1.42.